The Morgan fingerprint density at radius 1 is 0.571 bits per heavy atom. The van der Waals surface area contributed by atoms with E-state index in [9.17, 15) is 0 Å². The molecular formula is C27H41N. The first kappa shape index (κ1) is 22.7. The normalized spacial score (nSPS) is 12.4. The third-order valence-electron chi connectivity index (χ3n) is 5.89. The molecule has 28 heavy (non-hydrogen) atoms. The van der Waals surface area contributed by atoms with Gasteiger partial charge in [-0.25, -0.2) is 0 Å². The molecule has 0 amide bonds. The number of hydrogen-bond acceptors (Lipinski definition) is 1. The van der Waals surface area contributed by atoms with Crippen LogP contribution in [0.5, 0.6) is 0 Å². The van der Waals surface area contributed by atoms with Crippen LogP contribution in [-0.4, -0.2) is 6.04 Å². The summed E-state index contributed by atoms with van der Waals surface area (Å²) in [6.07, 6.45) is 16.3. The number of unbranched alkanes of at least 4 members (excludes halogenated alkanes) is 10. The fraction of sp³-hybridized carbons (Fsp3) is 0.556. The molecule has 154 valence electrons. The van der Waals surface area contributed by atoms with Crippen LogP contribution in [0, 0.1) is 0 Å². The average molecular weight is 380 g/mol. The van der Waals surface area contributed by atoms with E-state index >= 15 is 0 Å². The van der Waals surface area contributed by atoms with E-state index in [0.29, 0.717) is 5.92 Å². The smallest absolute Gasteiger partial charge is 0.0241 e. The molecule has 0 fully saturated rings. The van der Waals surface area contributed by atoms with Gasteiger partial charge >= 0.3 is 0 Å². The molecule has 0 spiro atoms. The lowest BCUT2D eigenvalue weighted by Gasteiger charge is -2.25. The standard InChI is InChI=1S/C27H41N/c1-2-3-4-5-6-7-8-9-10-11-18-23-26(28)27(24-19-14-12-15-20-24)25-21-16-13-17-22-25/h12-17,19-22,26-27H,2-11,18,23,28H2,1H3. The summed E-state index contributed by atoms with van der Waals surface area (Å²) in [5.74, 6) is 0.297. The minimum atomic E-state index is 0.184. The minimum absolute atomic E-state index is 0.184. The third-order valence-corrected chi connectivity index (χ3v) is 5.89. The van der Waals surface area contributed by atoms with Gasteiger partial charge in [-0.3, -0.25) is 0 Å². The van der Waals surface area contributed by atoms with Gasteiger partial charge in [-0.05, 0) is 17.5 Å². The predicted molar refractivity (Wildman–Crippen MR) is 124 cm³/mol. The van der Waals surface area contributed by atoms with Gasteiger partial charge in [0.05, 0.1) is 0 Å². The van der Waals surface area contributed by atoms with Crippen LogP contribution in [0.25, 0.3) is 0 Å². The number of benzene rings is 2. The number of hydrogen-bond donors (Lipinski definition) is 1. The minimum Gasteiger partial charge on any atom is -0.327 e. The first-order chi connectivity index (χ1) is 13.8. The molecule has 0 aliphatic rings. The molecule has 0 saturated carbocycles. The monoisotopic (exact) mass is 379 g/mol. The largest absolute Gasteiger partial charge is 0.327 e. The van der Waals surface area contributed by atoms with Gasteiger partial charge in [0.2, 0.25) is 0 Å². The predicted octanol–water partition coefficient (Wildman–Crippen LogP) is 7.85. The molecule has 2 rings (SSSR count). The van der Waals surface area contributed by atoms with Gasteiger partial charge in [0.1, 0.15) is 0 Å². The first-order valence-electron chi connectivity index (χ1n) is 11.7. The highest BCUT2D eigenvalue weighted by Gasteiger charge is 2.21. The highest BCUT2D eigenvalue weighted by atomic mass is 14.6. The van der Waals surface area contributed by atoms with Crippen LogP contribution in [0.15, 0.2) is 60.7 Å². The summed E-state index contributed by atoms with van der Waals surface area (Å²) < 4.78 is 0. The Labute approximate surface area is 173 Å². The zero-order valence-corrected chi connectivity index (χ0v) is 18.0. The molecule has 1 nitrogen and oxygen atoms in total. The van der Waals surface area contributed by atoms with E-state index in [1.165, 1.54) is 81.8 Å². The Bertz CT molecular complexity index is 553. The van der Waals surface area contributed by atoms with E-state index < -0.39 is 0 Å². The lowest BCUT2D eigenvalue weighted by atomic mass is 9.83. The van der Waals surface area contributed by atoms with Crippen LogP contribution in [0.1, 0.15) is 101 Å². The summed E-state index contributed by atoms with van der Waals surface area (Å²) in [5, 5.41) is 0. The van der Waals surface area contributed by atoms with Crippen LogP contribution in [-0.2, 0) is 0 Å². The quantitative estimate of drug-likeness (QED) is 0.313. The van der Waals surface area contributed by atoms with Crippen molar-refractivity contribution in [2.75, 3.05) is 0 Å². The zero-order chi connectivity index (χ0) is 19.9. The molecule has 2 aromatic carbocycles. The molecule has 0 bridgehead atoms. The van der Waals surface area contributed by atoms with E-state index in [1.54, 1.807) is 0 Å². The van der Waals surface area contributed by atoms with Gasteiger partial charge < -0.3 is 5.73 Å². The second-order valence-electron chi connectivity index (χ2n) is 8.29. The van der Waals surface area contributed by atoms with Crippen molar-refractivity contribution in [3.63, 3.8) is 0 Å². The zero-order valence-electron chi connectivity index (χ0n) is 18.0. The van der Waals surface area contributed by atoms with Crippen LogP contribution in [0.3, 0.4) is 0 Å². The summed E-state index contributed by atoms with van der Waals surface area (Å²) in [7, 11) is 0. The molecule has 1 atom stereocenters. The van der Waals surface area contributed by atoms with Gasteiger partial charge in [-0.15, -0.1) is 0 Å². The summed E-state index contributed by atoms with van der Waals surface area (Å²) >= 11 is 0. The van der Waals surface area contributed by atoms with Crippen molar-refractivity contribution in [2.45, 2.75) is 95.9 Å². The SMILES string of the molecule is CCCCCCCCCCCCCC(N)C(c1ccccc1)c1ccccc1. The van der Waals surface area contributed by atoms with Crippen molar-refractivity contribution in [3.8, 4) is 0 Å². The van der Waals surface area contributed by atoms with Crippen LogP contribution in [0.4, 0.5) is 0 Å². The fourth-order valence-corrected chi connectivity index (χ4v) is 4.22. The van der Waals surface area contributed by atoms with E-state index in [-0.39, 0.29) is 6.04 Å². The van der Waals surface area contributed by atoms with Crippen LogP contribution in [0.2, 0.25) is 0 Å². The van der Waals surface area contributed by atoms with E-state index in [1.807, 2.05) is 0 Å². The van der Waals surface area contributed by atoms with E-state index in [0.717, 1.165) is 6.42 Å². The summed E-state index contributed by atoms with van der Waals surface area (Å²) in [4.78, 5) is 0. The van der Waals surface area contributed by atoms with Gasteiger partial charge in [-0.2, -0.15) is 0 Å². The van der Waals surface area contributed by atoms with Crippen molar-refractivity contribution >= 4 is 0 Å². The maximum atomic E-state index is 6.70. The van der Waals surface area contributed by atoms with Crippen molar-refractivity contribution in [1.29, 1.82) is 0 Å². The first-order valence-corrected chi connectivity index (χ1v) is 11.7. The molecule has 0 saturated heterocycles. The fourth-order valence-electron chi connectivity index (χ4n) is 4.22. The molecule has 2 aromatic rings. The molecule has 0 heterocycles. The Morgan fingerprint density at radius 2 is 0.964 bits per heavy atom. The number of nitrogens with two attached hydrogens (primary N) is 1. The van der Waals surface area contributed by atoms with Crippen molar-refractivity contribution in [3.05, 3.63) is 71.8 Å². The summed E-state index contributed by atoms with van der Waals surface area (Å²) in [6, 6.07) is 21.7. The van der Waals surface area contributed by atoms with Crippen molar-refractivity contribution < 1.29 is 0 Å². The Morgan fingerprint density at radius 3 is 1.39 bits per heavy atom. The lowest BCUT2D eigenvalue weighted by molar-refractivity contribution is 0.495. The third kappa shape index (κ3) is 8.61. The Balaban J connectivity index is 1.68. The summed E-state index contributed by atoms with van der Waals surface area (Å²) in [6.45, 7) is 2.29. The highest BCUT2D eigenvalue weighted by Crippen LogP contribution is 2.29. The molecular weight excluding hydrogens is 338 g/mol. The Hall–Kier alpha value is -1.60. The van der Waals surface area contributed by atoms with Crippen LogP contribution < -0.4 is 5.73 Å². The van der Waals surface area contributed by atoms with E-state index in [4.69, 9.17) is 5.73 Å². The van der Waals surface area contributed by atoms with Gasteiger partial charge in [0.15, 0.2) is 0 Å². The second-order valence-corrected chi connectivity index (χ2v) is 8.29. The van der Waals surface area contributed by atoms with Gasteiger partial charge in [-0.1, -0.05) is 138 Å². The Kier molecular flexibility index (Phi) is 11.7. The maximum Gasteiger partial charge on any atom is 0.0241 e. The molecule has 2 N–H and O–H groups in total. The molecule has 1 unspecified atom stereocenters. The lowest BCUT2D eigenvalue weighted by Crippen LogP contribution is -2.29. The molecule has 1 heteroatoms. The highest BCUT2D eigenvalue weighted by molar-refractivity contribution is 5.34. The molecule has 0 aliphatic carbocycles. The van der Waals surface area contributed by atoms with Gasteiger partial charge in [0, 0.05) is 12.0 Å². The maximum absolute atomic E-state index is 6.70. The second kappa shape index (κ2) is 14.4. The molecule has 0 radical (unpaired) electrons. The summed E-state index contributed by atoms with van der Waals surface area (Å²) in [5.41, 5.74) is 9.38. The van der Waals surface area contributed by atoms with Crippen LogP contribution >= 0.6 is 0 Å². The average Bonchev–Trinajstić information content (AvgIpc) is 2.74. The van der Waals surface area contributed by atoms with E-state index in [2.05, 4.69) is 67.6 Å². The molecule has 0 aromatic heterocycles. The van der Waals surface area contributed by atoms with Gasteiger partial charge in [0.25, 0.3) is 0 Å². The molecule has 0 aliphatic heterocycles. The van der Waals surface area contributed by atoms with Crippen molar-refractivity contribution in [1.82, 2.24) is 0 Å². The number of rotatable bonds is 15. The topological polar surface area (TPSA) is 26.0 Å². The van der Waals surface area contributed by atoms with Crippen molar-refractivity contribution in [2.24, 2.45) is 5.73 Å².